The van der Waals surface area contributed by atoms with Crippen LogP contribution >= 0.6 is 0 Å². The van der Waals surface area contributed by atoms with Gasteiger partial charge in [0, 0.05) is 24.5 Å². The van der Waals surface area contributed by atoms with Crippen LogP contribution in [0.1, 0.15) is 36.5 Å². The normalized spacial score (nSPS) is 10.6. The number of carbonyl (C=O) groups is 1. The van der Waals surface area contributed by atoms with Gasteiger partial charge in [-0.1, -0.05) is 31.9 Å². The lowest BCUT2D eigenvalue weighted by molar-refractivity contribution is 0.0935. The Balaban J connectivity index is 2.15. The number of nitrogens with zero attached hydrogens (tertiary/aromatic N) is 1. The molecule has 0 saturated carbocycles. The molecule has 1 amide bonds. The first kappa shape index (κ1) is 13.4. The smallest absolute Gasteiger partial charge is 0.265 e. The second-order valence-electron chi connectivity index (χ2n) is 3.68. The Kier molecular flexibility index (Phi) is 6.67. The van der Waals surface area contributed by atoms with E-state index in [2.05, 4.69) is 28.8 Å². The minimum atomic E-state index is -0.144. The summed E-state index contributed by atoms with van der Waals surface area (Å²) in [5.74, 6) is -0.144. The fraction of sp³-hybridized carbons (Fsp3) is 0.385. The van der Waals surface area contributed by atoms with Gasteiger partial charge in [-0.05, 0) is 18.6 Å². The van der Waals surface area contributed by atoms with Crippen molar-refractivity contribution in [3.05, 3.63) is 42.2 Å². The molecule has 0 radical (unpaired) electrons. The van der Waals surface area contributed by atoms with Crippen LogP contribution in [0.2, 0.25) is 0 Å². The molecule has 1 rings (SSSR count). The van der Waals surface area contributed by atoms with Crippen LogP contribution in [0.5, 0.6) is 0 Å². The molecule has 0 aliphatic carbocycles. The molecule has 0 aliphatic rings. The first-order chi connectivity index (χ1) is 8.34. The van der Waals surface area contributed by atoms with E-state index in [4.69, 9.17) is 0 Å². The van der Waals surface area contributed by atoms with Gasteiger partial charge in [-0.25, -0.2) is 5.43 Å². The summed E-state index contributed by atoms with van der Waals surface area (Å²) in [6.07, 6.45) is 10.8. The summed E-state index contributed by atoms with van der Waals surface area (Å²) in [7, 11) is 0. The van der Waals surface area contributed by atoms with E-state index in [9.17, 15) is 4.79 Å². The van der Waals surface area contributed by atoms with Gasteiger partial charge in [-0.15, -0.1) is 0 Å². The first-order valence-electron chi connectivity index (χ1n) is 5.93. The van der Waals surface area contributed by atoms with Crippen LogP contribution in [0.25, 0.3) is 0 Å². The first-order valence-corrected chi connectivity index (χ1v) is 5.93. The number of hydrazine groups is 1. The summed E-state index contributed by atoms with van der Waals surface area (Å²) in [5.41, 5.74) is 6.08. The Labute approximate surface area is 102 Å². The van der Waals surface area contributed by atoms with Gasteiger partial charge in [0.25, 0.3) is 5.91 Å². The summed E-state index contributed by atoms with van der Waals surface area (Å²) in [5, 5.41) is 0. The van der Waals surface area contributed by atoms with Crippen molar-refractivity contribution in [1.82, 2.24) is 15.8 Å². The number of allylic oxidation sites excluding steroid dienone is 1. The third-order valence-electron chi connectivity index (χ3n) is 2.26. The molecule has 0 aliphatic heterocycles. The van der Waals surface area contributed by atoms with Gasteiger partial charge in [-0.3, -0.25) is 15.2 Å². The van der Waals surface area contributed by atoms with Gasteiger partial charge < -0.3 is 0 Å². The third kappa shape index (κ3) is 5.82. The quantitative estimate of drug-likeness (QED) is 0.430. The van der Waals surface area contributed by atoms with Crippen LogP contribution in [-0.2, 0) is 0 Å². The number of unbranched alkanes of at least 4 members (excludes halogenated alkanes) is 2. The second kappa shape index (κ2) is 8.47. The molecule has 2 N–H and O–H groups in total. The average Bonchev–Trinajstić information content (AvgIpc) is 2.38. The summed E-state index contributed by atoms with van der Waals surface area (Å²) in [4.78, 5) is 15.4. The van der Waals surface area contributed by atoms with Crippen LogP contribution in [0.3, 0.4) is 0 Å². The predicted octanol–water partition coefficient (Wildman–Crippen LogP) is 2.06. The van der Waals surface area contributed by atoms with Crippen molar-refractivity contribution in [2.75, 3.05) is 6.54 Å². The Hall–Kier alpha value is -1.68. The minimum absolute atomic E-state index is 0.144. The highest BCUT2D eigenvalue weighted by molar-refractivity contribution is 5.93. The molecule has 0 unspecified atom stereocenters. The zero-order chi connectivity index (χ0) is 12.3. The van der Waals surface area contributed by atoms with Crippen LogP contribution in [0.4, 0.5) is 0 Å². The maximum Gasteiger partial charge on any atom is 0.265 e. The molecule has 17 heavy (non-hydrogen) atoms. The SMILES string of the molecule is CCCCC=CCNNC(=O)c1ccncc1. The van der Waals surface area contributed by atoms with E-state index in [-0.39, 0.29) is 5.91 Å². The molecule has 4 heteroatoms. The third-order valence-corrected chi connectivity index (χ3v) is 2.26. The monoisotopic (exact) mass is 233 g/mol. The number of hydrogen-bond acceptors (Lipinski definition) is 3. The van der Waals surface area contributed by atoms with Gasteiger partial charge in [0.05, 0.1) is 0 Å². The molecule has 1 heterocycles. The number of rotatable bonds is 7. The summed E-state index contributed by atoms with van der Waals surface area (Å²) >= 11 is 0. The highest BCUT2D eigenvalue weighted by Gasteiger charge is 2.01. The largest absolute Gasteiger partial charge is 0.287 e. The van der Waals surface area contributed by atoms with E-state index < -0.39 is 0 Å². The van der Waals surface area contributed by atoms with Gasteiger partial charge in [-0.2, -0.15) is 0 Å². The molecule has 1 aromatic heterocycles. The van der Waals surface area contributed by atoms with E-state index in [0.717, 1.165) is 6.42 Å². The van der Waals surface area contributed by atoms with Gasteiger partial charge in [0.2, 0.25) is 0 Å². The fourth-order valence-corrected chi connectivity index (χ4v) is 1.29. The highest BCUT2D eigenvalue weighted by atomic mass is 16.2. The number of aromatic nitrogens is 1. The van der Waals surface area contributed by atoms with Crippen molar-refractivity contribution in [2.45, 2.75) is 26.2 Å². The molecule has 0 atom stereocenters. The molecule has 0 spiro atoms. The highest BCUT2D eigenvalue weighted by Crippen LogP contribution is 1.95. The van der Waals surface area contributed by atoms with E-state index in [1.165, 1.54) is 12.8 Å². The second-order valence-corrected chi connectivity index (χ2v) is 3.68. The van der Waals surface area contributed by atoms with E-state index in [1.807, 2.05) is 6.08 Å². The molecule has 92 valence electrons. The Morgan fingerprint density at radius 2 is 2.12 bits per heavy atom. The maximum absolute atomic E-state index is 11.6. The molecular formula is C13H19N3O. The van der Waals surface area contributed by atoms with Crippen molar-refractivity contribution in [3.63, 3.8) is 0 Å². The van der Waals surface area contributed by atoms with Crippen molar-refractivity contribution in [3.8, 4) is 0 Å². The van der Waals surface area contributed by atoms with Crippen LogP contribution in [0, 0.1) is 0 Å². The Morgan fingerprint density at radius 1 is 1.35 bits per heavy atom. The van der Waals surface area contributed by atoms with E-state index in [1.54, 1.807) is 24.5 Å². The topological polar surface area (TPSA) is 54.0 Å². The van der Waals surface area contributed by atoms with Crippen molar-refractivity contribution >= 4 is 5.91 Å². The maximum atomic E-state index is 11.6. The van der Waals surface area contributed by atoms with Crippen molar-refractivity contribution in [1.29, 1.82) is 0 Å². The zero-order valence-corrected chi connectivity index (χ0v) is 10.1. The molecule has 0 fully saturated rings. The van der Waals surface area contributed by atoms with Crippen LogP contribution in [-0.4, -0.2) is 17.4 Å². The molecule has 4 nitrogen and oxygen atoms in total. The lowest BCUT2D eigenvalue weighted by atomic mass is 10.2. The summed E-state index contributed by atoms with van der Waals surface area (Å²) in [6.45, 7) is 2.81. The standard InChI is InChI=1S/C13H19N3O/c1-2-3-4-5-6-9-15-16-13(17)12-7-10-14-11-8-12/h5-8,10-11,15H,2-4,9H2,1H3,(H,16,17). The zero-order valence-electron chi connectivity index (χ0n) is 10.1. The number of nitrogens with one attached hydrogen (secondary N) is 2. The van der Waals surface area contributed by atoms with Crippen molar-refractivity contribution in [2.24, 2.45) is 0 Å². The molecule has 0 bridgehead atoms. The Morgan fingerprint density at radius 3 is 2.82 bits per heavy atom. The van der Waals surface area contributed by atoms with E-state index >= 15 is 0 Å². The van der Waals surface area contributed by atoms with Gasteiger partial charge in [0.15, 0.2) is 0 Å². The van der Waals surface area contributed by atoms with E-state index in [0.29, 0.717) is 12.1 Å². The van der Waals surface area contributed by atoms with Gasteiger partial charge in [0.1, 0.15) is 0 Å². The minimum Gasteiger partial charge on any atom is -0.287 e. The molecule has 0 saturated heterocycles. The number of carbonyl (C=O) groups excluding carboxylic acids is 1. The number of pyridine rings is 1. The number of hydrogen-bond donors (Lipinski definition) is 2. The number of amides is 1. The van der Waals surface area contributed by atoms with Gasteiger partial charge >= 0.3 is 0 Å². The summed E-state index contributed by atoms with van der Waals surface area (Å²) < 4.78 is 0. The van der Waals surface area contributed by atoms with Crippen molar-refractivity contribution < 1.29 is 4.79 Å². The summed E-state index contributed by atoms with van der Waals surface area (Å²) in [6, 6.07) is 3.35. The molecular weight excluding hydrogens is 214 g/mol. The molecule has 1 aromatic rings. The average molecular weight is 233 g/mol. The molecule has 0 aromatic carbocycles. The predicted molar refractivity (Wildman–Crippen MR) is 68.4 cm³/mol. The fourth-order valence-electron chi connectivity index (χ4n) is 1.29. The lowest BCUT2D eigenvalue weighted by Gasteiger charge is -2.04. The Bertz CT molecular complexity index is 349. The lowest BCUT2D eigenvalue weighted by Crippen LogP contribution is -2.37. The van der Waals surface area contributed by atoms with Crippen LogP contribution < -0.4 is 10.9 Å². The van der Waals surface area contributed by atoms with Crippen LogP contribution in [0.15, 0.2) is 36.7 Å².